The summed E-state index contributed by atoms with van der Waals surface area (Å²) < 4.78 is 19.4. The van der Waals surface area contributed by atoms with Gasteiger partial charge < -0.3 is 19.9 Å². The Bertz CT molecular complexity index is 1220. The Kier molecular flexibility index (Phi) is 7.78. The van der Waals surface area contributed by atoms with Crippen LogP contribution in [0.2, 0.25) is 0 Å². The van der Waals surface area contributed by atoms with Gasteiger partial charge in [0.15, 0.2) is 0 Å². The first kappa shape index (κ1) is 26.3. The molecule has 38 heavy (non-hydrogen) atoms. The molecule has 0 bridgehead atoms. The molecule has 1 aromatic heterocycles. The summed E-state index contributed by atoms with van der Waals surface area (Å²) in [5.74, 6) is 2.92. The highest BCUT2D eigenvalue weighted by molar-refractivity contribution is 5.97. The van der Waals surface area contributed by atoms with E-state index in [0.717, 1.165) is 50.3 Å². The highest BCUT2D eigenvalue weighted by Crippen LogP contribution is 2.33. The van der Waals surface area contributed by atoms with Crippen LogP contribution in [0.4, 0.5) is 4.39 Å². The van der Waals surface area contributed by atoms with Gasteiger partial charge in [0, 0.05) is 39.3 Å². The summed E-state index contributed by atoms with van der Waals surface area (Å²) in [6, 6.07) is 8.02. The zero-order valence-corrected chi connectivity index (χ0v) is 22.1. The predicted octanol–water partition coefficient (Wildman–Crippen LogP) is 3.11. The Morgan fingerprint density at radius 2 is 1.97 bits per heavy atom. The van der Waals surface area contributed by atoms with E-state index < -0.39 is 0 Å². The zero-order chi connectivity index (χ0) is 26.8. The molecular weight excluding hydrogens is 483 g/mol. The lowest BCUT2D eigenvalue weighted by Crippen LogP contribution is -2.37. The quantitative estimate of drug-likeness (QED) is 0.571. The number of fused-ring (bicyclic) bond motifs is 1. The number of benzene rings is 1. The Morgan fingerprint density at radius 1 is 1.21 bits per heavy atom. The van der Waals surface area contributed by atoms with Crippen LogP contribution >= 0.6 is 0 Å². The van der Waals surface area contributed by atoms with Crippen molar-refractivity contribution in [1.82, 2.24) is 20.1 Å². The number of aromatic nitrogens is 1. The van der Waals surface area contributed by atoms with E-state index in [-0.39, 0.29) is 29.6 Å². The van der Waals surface area contributed by atoms with Crippen LogP contribution in [0.3, 0.4) is 0 Å². The summed E-state index contributed by atoms with van der Waals surface area (Å²) in [7, 11) is 0. The van der Waals surface area contributed by atoms with E-state index in [1.165, 1.54) is 12.1 Å². The number of amides is 2. The highest BCUT2D eigenvalue weighted by atomic mass is 19.1. The standard InChI is InChI=1S/C30H35FN4O3/c1-4-26-12-19(2)28(20(3)32-26)30(37)35-16-23-14-34(15-24(23)17-35)10-8-27(21-6-5-7-25(31)13-21)33-29(36)22-9-11-38-18-22/h1,5-7,12-13,22-24,27H,8-11,14-18H2,2-3H3,(H,33,36)/t22?,23-,24+,27?. The molecule has 2 aromatic rings. The average Bonchev–Trinajstić information content (AvgIpc) is 3.63. The smallest absolute Gasteiger partial charge is 0.255 e. The summed E-state index contributed by atoms with van der Waals surface area (Å²) in [6.07, 6.45) is 6.90. The number of nitrogens with zero attached hydrogens (tertiary/aromatic N) is 3. The summed E-state index contributed by atoms with van der Waals surface area (Å²) in [5.41, 5.74) is 3.53. The van der Waals surface area contributed by atoms with Gasteiger partial charge in [-0.3, -0.25) is 9.59 Å². The number of halogens is 1. The summed E-state index contributed by atoms with van der Waals surface area (Å²) >= 11 is 0. The number of carbonyl (C=O) groups excluding carboxylic acids is 2. The van der Waals surface area contributed by atoms with E-state index in [9.17, 15) is 14.0 Å². The van der Waals surface area contributed by atoms with Crippen molar-refractivity contribution in [2.75, 3.05) is 45.9 Å². The van der Waals surface area contributed by atoms with Gasteiger partial charge in [0.25, 0.3) is 5.91 Å². The molecule has 5 rings (SSSR count). The van der Waals surface area contributed by atoms with Gasteiger partial charge in [0.2, 0.25) is 5.91 Å². The van der Waals surface area contributed by atoms with E-state index >= 15 is 0 Å². The Hall–Kier alpha value is -3.28. The third-order valence-electron chi connectivity index (χ3n) is 8.21. The lowest BCUT2D eigenvalue weighted by atomic mass is 10.0. The molecule has 0 aliphatic carbocycles. The number of pyridine rings is 1. The van der Waals surface area contributed by atoms with Crippen molar-refractivity contribution in [3.05, 3.63) is 64.2 Å². The zero-order valence-electron chi connectivity index (χ0n) is 22.1. The number of likely N-dealkylation sites (tertiary alicyclic amines) is 2. The topological polar surface area (TPSA) is 74.8 Å². The predicted molar refractivity (Wildman–Crippen MR) is 142 cm³/mol. The van der Waals surface area contributed by atoms with E-state index in [1.54, 1.807) is 12.1 Å². The molecule has 1 aromatic carbocycles. The van der Waals surface area contributed by atoms with Crippen molar-refractivity contribution in [2.24, 2.45) is 17.8 Å². The fourth-order valence-corrected chi connectivity index (χ4v) is 6.21. The fraction of sp³-hybridized carbons (Fsp3) is 0.500. The number of hydrogen-bond donors (Lipinski definition) is 1. The number of rotatable bonds is 7. The van der Waals surface area contributed by atoms with Gasteiger partial charge in [0.1, 0.15) is 11.5 Å². The number of aryl methyl sites for hydroxylation is 2. The van der Waals surface area contributed by atoms with Crippen molar-refractivity contribution in [3.63, 3.8) is 0 Å². The van der Waals surface area contributed by atoms with Gasteiger partial charge in [-0.25, -0.2) is 9.37 Å². The minimum atomic E-state index is -0.305. The maximum absolute atomic E-state index is 14.0. The molecule has 4 atom stereocenters. The van der Waals surface area contributed by atoms with Gasteiger partial charge >= 0.3 is 0 Å². The van der Waals surface area contributed by atoms with Crippen LogP contribution in [-0.4, -0.2) is 72.5 Å². The van der Waals surface area contributed by atoms with Gasteiger partial charge in [-0.1, -0.05) is 18.1 Å². The minimum Gasteiger partial charge on any atom is -0.381 e. The second kappa shape index (κ2) is 11.2. The molecule has 2 unspecified atom stereocenters. The highest BCUT2D eigenvalue weighted by Gasteiger charge is 2.42. The van der Waals surface area contributed by atoms with Crippen LogP contribution in [0.1, 0.15) is 51.8 Å². The molecule has 3 aliphatic heterocycles. The van der Waals surface area contributed by atoms with Gasteiger partial charge in [-0.2, -0.15) is 0 Å². The van der Waals surface area contributed by atoms with E-state index in [1.807, 2.05) is 24.8 Å². The van der Waals surface area contributed by atoms with Crippen molar-refractivity contribution in [3.8, 4) is 12.3 Å². The first-order chi connectivity index (χ1) is 18.3. The van der Waals surface area contributed by atoms with Crippen LogP contribution in [0.15, 0.2) is 30.3 Å². The summed E-state index contributed by atoms with van der Waals surface area (Å²) in [6.45, 7) is 8.84. The lowest BCUT2D eigenvalue weighted by molar-refractivity contribution is -0.125. The molecule has 200 valence electrons. The van der Waals surface area contributed by atoms with Crippen molar-refractivity contribution < 1.29 is 18.7 Å². The Balaban J connectivity index is 1.19. The van der Waals surface area contributed by atoms with Crippen LogP contribution in [0.5, 0.6) is 0 Å². The Labute approximate surface area is 223 Å². The Morgan fingerprint density at radius 3 is 2.61 bits per heavy atom. The first-order valence-electron chi connectivity index (χ1n) is 13.4. The monoisotopic (exact) mass is 518 g/mol. The number of terminal acetylenes is 1. The van der Waals surface area contributed by atoms with Crippen LogP contribution in [-0.2, 0) is 9.53 Å². The summed E-state index contributed by atoms with van der Waals surface area (Å²) in [4.78, 5) is 34.9. The van der Waals surface area contributed by atoms with Gasteiger partial charge in [-0.15, -0.1) is 6.42 Å². The van der Waals surface area contributed by atoms with Gasteiger partial charge in [-0.05, 0) is 67.9 Å². The average molecular weight is 519 g/mol. The lowest BCUT2D eigenvalue weighted by Gasteiger charge is -2.26. The molecule has 3 fully saturated rings. The second-order valence-corrected chi connectivity index (χ2v) is 10.9. The molecule has 3 saturated heterocycles. The van der Waals surface area contributed by atoms with Crippen LogP contribution < -0.4 is 5.32 Å². The minimum absolute atomic E-state index is 0.0282. The molecule has 0 spiro atoms. The van der Waals surface area contributed by atoms with Gasteiger partial charge in [0.05, 0.1) is 29.8 Å². The third-order valence-corrected chi connectivity index (χ3v) is 8.21. The molecule has 0 saturated carbocycles. The molecular formula is C30H35FN4O3. The molecule has 1 N–H and O–H groups in total. The van der Waals surface area contributed by atoms with Crippen molar-refractivity contribution in [2.45, 2.75) is 32.7 Å². The molecule has 3 aliphatic rings. The molecule has 2 amide bonds. The molecule has 0 radical (unpaired) electrons. The maximum atomic E-state index is 14.0. The van der Waals surface area contributed by atoms with E-state index in [0.29, 0.717) is 48.4 Å². The first-order valence-corrected chi connectivity index (χ1v) is 13.4. The molecule has 4 heterocycles. The number of carbonyl (C=O) groups is 2. The number of hydrogen-bond acceptors (Lipinski definition) is 5. The van der Waals surface area contributed by atoms with Crippen LogP contribution in [0.25, 0.3) is 0 Å². The van der Waals surface area contributed by atoms with Crippen molar-refractivity contribution >= 4 is 11.8 Å². The van der Waals surface area contributed by atoms with E-state index in [2.05, 4.69) is 21.1 Å². The largest absolute Gasteiger partial charge is 0.381 e. The van der Waals surface area contributed by atoms with E-state index in [4.69, 9.17) is 11.2 Å². The second-order valence-electron chi connectivity index (χ2n) is 10.9. The van der Waals surface area contributed by atoms with Crippen molar-refractivity contribution in [1.29, 1.82) is 0 Å². The molecule has 8 heteroatoms. The third kappa shape index (κ3) is 5.59. The number of nitrogens with one attached hydrogen (secondary N) is 1. The maximum Gasteiger partial charge on any atom is 0.255 e. The molecule has 7 nitrogen and oxygen atoms in total. The summed E-state index contributed by atoms with van der Waals surface area (Å²) in [5, 5.41) is 3.15. The number of ether oxygens (including phenoxy) is 1. The van der Waals surface area contributed by atoms with Crippen LogP contribution in [0, 0.1) is 49.8 Å². The fourth-order valence-electron chi connectivity index (χ4n) is 6.21. The SMILES string of the molecule is C#Cc1cc(C)c(C(=O)N2C[C@H]3CN(CCC(NC(=O)C4CCOC4)c4cccc(F)c4)C[C@H]3C2)c(C)n1. The normalized spacial score (nSPS) is 23.7.